The van der Waals surface area contributed by atoms with E-state index >= 15 is 0 Å². The molecular weight excluding hydrogens is 258 g/mol. The van der Waals surface area contributed by atoms with E-state index in [1.54, 1.807) is 0 Å². The fourth-order valence-corrected chi connectivity index (χ4v) is 2.56. The van der Waals surface area contributed by atoms with E-state index in [4.69, 9.17) is 0 Å². The second kappa shape index (κ2) is 9.22. The predicted octanol–water partition coefficient (Wildman–Crippen LogP) is 4.74. The molecule has 0 spiro atoms. The lowest BCUT2D eigenvalue weighted by molar-refractivity contribution is 0.0942. The van der Waals surface area contributed by atoms with Crippen molar-refractivity contribution in [1.29, 1.82) is 0 Å². The number of rotatable bonds is 9. The normalized spacial score (nSPS) is 13.4. The van der Waals surface area contributed by atoms with Crippen LogP contribution in [0.4, 0.5) is 0 Å². The van der Waals surface area contributed by atoms with Crippen LogP contribution in [-0.4, -0.2) is 29.1 Å². The first-order valence-corrected chi connectivity index (χ1v) is 8.47. The van der Waals surface area contributed by atoms with E-state index in [9.17, 15) is 5.11 Å². The molecule has 120 valence electrons. The van der Waals surface area contributed by atoms with Crippen molar-refractivity contribution >= 4 is 0 Å². The zero-order valence-corrected chi connectivity index (χ0v) is 14.5. The SMILES string of the molecule is CCCCCN(CC(O)c1ccc(C(C)C)cc1)C(C)C. The van der Waals surface area contributed by atoms with Crippen LogP contribution in [-0.2, 0) is 0 Å². The van der Waals surface area contributed by atoms with Crippen molar-refractivity contribution in [3.05, 3.63) is 35.4 Å². The number of aliphatic hydroxyl groups is 1. The number of unbranched alkanes of at least 4 members (excludes halogenated alkanes) is 2. The van der Waals surface area contributed by atoms with Crippen molar-refractivity contribution < 1.29 is 5.11 Å². The lowest BCUT2D eigenvalue weighted by Gasteiger charge is -2.29. The molecule has 2 nitrogen and oxygen atoms in total. The van der Waals surface area contributed by atoms with Gasteiger partial charge in [0.05, 0.1) is 6.10 Å². The average molecular weight is 291 g/mol. The van der Waals surface area contributed by atoms with E-state index in [0.29, 0.717) is 12.0 Å². The Balaban J connectivity index is 2.61. The van der Waals surface area contributed by atoms with E-state index in [1.165, 1.54) is 24.8 Å². The average Bonchev–Trinajstić information content (AvgIpc) is 2.46. The lowest BCUT2D eigenvalue weighted by Crippen LogP contribution is -2.35. The number of hydrogen-bond donors (Lipinski definition) is 1. The molecule has 0 saturated heterocycles. The molecule has 0 aromatic heterocycles. The second-order valence-corrected chi connectivity index (χ2v) is 6.63. The van der Waals surface area contributed by atoms with Gasteiger partial charge < -0.3 is 5.11 Å². The van der Waals surface area contributed by atoms with E-state index in [0.717, 1.165) is 18.7 Å². The van der Waals surface area contributed by atoms with Gasteiger partial charge in [0.2, 0.25) is 0 Å². The highest BCUT2D eigenvalue weighted by Gasteiger charge is 2.16. The van der Waals surface area contributed by atoms with Gasteiger partial charge in [-0.15, -0.1) is 0 Å². The minimum Gasteiger partial charge on any atom is -0.387 e. The van der Waals surface area contributed by atoms with Gasteiger partial charge in [-0.05, 0) is 43.9 Å². The van der Waals surface area contributed by atoms with Gasteiger partial charge in [-0.3, -0.25) is 4.90 Å². The van der Waals surface area contributed by atoms with E-state index in [1.807, 2.05) is 0 Å². The number of hydrogen-bond acceptors (Lipinski definition) is 2. The van der Waals surface area contributed by atoms with Crippen LogP contribution in [0.5, 0.6) is 0 Å². The summed E-state index contributed by atoms with van der Waals surface area (Å²) in [5.41, 5.74) is 2.36. The quantitative estimate of drug-likeness (QED) is 0.664. The molecule has 0 radical (unpaired) electrons. The molecular formula is C19H33NO. The van der Waals surface area contributed by atoms with Gasteiger partial charge in [-0.2, -0.15) is 0 Å². The molecule has 0 aliphatic heterocycles. The first-order chi connectivity index (χ1) is 9.95. The van der Waals surface area contributed by atoms with Crippen molar-refractivity contribution in [2.75, 3.05) is 13.1 Å². The van der Waals surface area contributed by atoms with Crippen LogP contribution >= 0.6 is 0 Å². The van der Waals surface area contributed by atoms with Crippen LogP contribution in [0, 0.1) is 0 Å². The summed E-state index contributed by atoms with van der Waals surface area (Å²) in [6.45, 7) is 12.8. The van der Waals surface area contributed by atoms with Crippen LogP contribution in [0.15, 0.2) is 24.3 Å². The standard InChI is InChI=1S/C19H33NO/c1-6-7-8-13-20(16(4)5)14-19(21)18-11-9-17(10-12-18)15(2)3/h9-12,15-16,19,21H,6-8,13-14H2,1-5H3. The van der Waals surface area contributed by atoms with E-state index in [2.05, 4.69) is 63.8 Å². The third-order valence-corrected chi connectivity index (χ3v) is 4.17. The van der Waals surface area contributed by atoms with Crippen LogP contribution in [0.25, 0.3) is 0 Å². The molecule has 1 N–H and O–H groups in total. The monoisotopic (exact) mass is 291 g/mol. The molecule has 0 amide bonds. The van der Waals surface area contributed by atoms with Gasteiger partial charge in [-0.1, -0.05) is 57.9 Å². The molecule has 0 saturated carbocycles. The maximum atomic E-state index is 10.5. The Morgan fingerprint density at radius 1 is 0.952 bits per heavy atom. The summed E-state index contributed by atoms with van der Waals surface area (Å²) in [4.78, 5) is 2.39. The van der Waals surface area contributed by atoms with Crippen LogP contribution in [0.2, 0.25) is 0 Å². The van der Waals surface area contributed by atoms with E-state index < -0.39 is 6.10 Å². The molecule has 0 fully saturated rings. The van der Waals surface area contributed by atoms with Gasteiger partial charge in [0.1, 0.15) is 0 Å². The van der Waals surface area contributed by atoms with Gasteiger partial charge in [0.15, 0.2) is 0 Å². The zero-order valence-electron chi connectivity index (χ0n) is 14.5. The fraction of sp³-hybridized carbons (Fsp3) is 0.684. The van der Waals surface area contributed by atoms with Crippen LogP contribution in [0.1, 0.15) is 77.0 Å². The minimum absolute atomic E-state index is 0.393. The summed E-state index contributed by atoms with van der Waals surface area (Å²) in [6.07, 6.45) is 3.33. The Labute approximate surface area is 131 Å². The summed E-state index contributed by atoms with van der Waals surface area (Å²) in [5, 5.41) is 10.5. The first-order valence-electron chi connectivity index (χ1n) is 8.47. The predicted molar refractivity (Wildman–Crippen MR) is 91.7 cm³/mol. The Hall–Kier alpha value is -0.860. The number of aliphatic hydroxyl groups excluding tert-OH is 1. The third kappa shape index (κ3) is 6.19. The first kappa shape index (κ1) is 18.2. The van der Waals surface area contributed by atoms with Crippen molar-refractivity contribution in [1.82, 2.24) is 4.90 Å². The molecule has 0 aliphatic rings. The minimum atomic E-state index is -0.393. The Bertz CT molecular complexity index is 383. The van der Waals surface area contributed by atoms with Crippen molar-refractivity contribution in [3.63, 3.8) is 0 Å². The zero-order chi connectivity index (χ0) is 15.8. The highest BCUT2D eigenvalue weighted by molar-refractivity contribution is 5.26. The molecule has 1 atom stereocenters. The van der Waals surface area contributed by atoms with Crippen molar-refractivity contribution in [2.45, 2.75) is 71.9 Å². The van der Waals surface area contributed by atoms with Crippen molar-refractivity contribution in [2.24, 2.45) is 0 Å². The topological polar surface area (TPSA) is 23.5 Å². The molecule has 21 heavy (non-hydrogen) atoms. The number of nitrogens with zero attached hydrogens (tertiary/aromatic N) is 1. The van der Waals surface area contributed by atoms with Crippen molar-refractivity contribution in [3.8, 4) is 0 Å². The maximum absolute atomic E-state index is 10.5. The fourth-order valence-electron chi connectivity index (χ4n) is 2.56. The second-order valence-electron chi connectivity index (χ2n) is 6.63. The van der Waals surface area contributed by atoms with Gasteiger partial charge in [0, 0.05) is 12.6 Å². The molecule has 0 aliphatic carbocycles. The van der Waals surface area contributed by atoms with Gasteiger partial charge >= 0.3 is 0 Å². The largest absolute Gasteiger partial charge is 0.387 e. The van der Waals surface area contributed by atoms with E-state index in [-0.39, 0.29) is 0 Å². The molecule has 0 bridgehead atoms. The maximum Gasteiger partial charge on any atom is 0.0917 e. The number of benzene rings is 1. The Morgan fingerprint density at radius 2 is 1.52 bits per heavy atom. The molecule has 1 rings (SSSR count). The summed E-state index contributed by atoms with van der Waals surface area (Å²) in [7, 11) is 0. The lowest BCUT2D eigenvalue weighted by atomic mass is 9.99. The molecule has 2 heteroatoms. The highest BCUT2D eigenvalue weighted by Crippen LogP contribution is 2.20. The Kier molecular flexibility index (Phi) is 7.98. The third-order valence-electron chi connectivity index (χ3n) is 4.17. The summed E-state index contributed by atoms with van der Waals surface area (Å²) < 4.78 is 0. The highest BCUT2D eigenvalue weighted by atomic mass is 16.3. The van der Waals surface area contributed by atoms with Crippen LogP contribution in [0.3, 0.4) is 0 Å². The van der Waals surface area contributed by atoms with Crippen LogP contribution < -0.4 is 0 Å². The van der Waals surface area contributed by atoms with Gasteiger partial charge in [0.25, 0.3) is 0 Å². The van der Waals surface area contributed by atoms with Gasteiger partial charge in [-0.25, -0.2) is 0 Å². The smallest absolute Gasteiger partial charge is 0.0917 e. The molecule has 1 aromatic rings. The summed E-state index contributed by atoms with van der Waals surface area (Å²) in [6, 6.07) is 8.90. The summed E-state index contributed by atoms with van der Waals surface area (Å²) in [5.74, 6) is 0.539. The Morgan fingerprint density at radius 3 is 2.00 bits per heavy atom. The molecule has 1 aromatic carbocycles. The molecule has 0 heterocycles. The molecule has 1 unspecified atom stereocenters. The summed E-state index contributed by atoms with van der Waals surface area (Å²) >= 11 is 0.